The number of rotatable bonds is 4. The Hall–Kier alpha value is -0.680. The Morgan fingerprint density at radius 2 is 2.12 bits per heavy atom. The zero-order chi connectivity index (χ0) is 13.0. The van der Waals surface area contributed by atoms with Crippen LogP contribution in [0, 0.1) is 6.92 Å². The number of halogens is 1. The summed E-state index contributed by atoms with van der Waals surface area (Å²) in [6, 6.07) is 5.55. The maximum Gasteiger partial charge on any atom is 0.251 e. The Morgan fingerprint density at radius 3 is 2.65 bits per heavy atom. The summed E-state index contributed by atoms with van der Waals surface area (Å²) in [6.45, 7) is 4.21. The fraction of sp³-hybridized carbons (Fsp3) is 0.417. The van der Waals surface area contributed by atoms with E-state index in [4.69, 9.17) is 0 Å². The highest BCUT2D eigenvalue weighted by molar-refractivity contribution is 9.10. The molecular weight excluding hydrogens is 302 g/mol. The first-order valence-corrected chi connectivity index (χ1v) is 7.69. The van der Waals surface area contributed by atoms with E-state index in [2.05, 4.69) is 21.2 Å². The summed E-state index contributed by atoms with van der Waals surface area (Å²) in [5, 5.41) is 2.75. The molecule has 5 heteroatoms. The van der Waals surface area contributed by atoms with Crippen LogP contribution in [0.5, 0.6) is 0 Å². The van der Waals surface area contributed by atoms with Crippen molar-refractivity contribution in [3.8, 4) is 0 Å². The van der Waals surface area contributed by atoms with Crippen molar-refractivity contribution in [2.24, 2.45) is 0 Å². The fourth-order valence-corrected chi connectivity index (χ4v) is 2.25. The minimum absolute atomic E-state index is 0.0350. The highest BCUT2D eigenvalue weighted by atomic mass is 79.9. The number of amides is 1. The normalized spacial score (nSPS) is 14.1. The van der Waals surface area contributed by atoms with Crippen LogP contribution in [-0.4, -0.2) is 28.2 Å². The minimum atomic E-state index is -0.916. The van der Waals surface area contributed by atoms with Gasteiger partial charge in [0, 0.05) is 38.9 Å². The van der Waals surface area contributed by atoms with Crippen LogP contribution in [0.3, 0.4) is 0 Å². The van der Waals surface area contributed by atoms with Gasteiger partial charge in [0.15, 0.2) is 0 Å². The van der Waals surface area contributed by atoms with Crippen molar-refractivity contribution in [2.75, 3.05) is 12.8 Å². The Bertz CT molecular complexity index is 428. The SMILES string of the molecule is Cc1cc(Br)cc(C(=O)NC[C@@H](C)[S@](C)=O)c1. The van der Waals surface area contributed by atoms with Crippen LogP contribution >= 0.6 is 15.9 Å². The molecule has 1 N–H and O–H groups in total. The zero-order valence-electron chi connectivity index (χ0n) is 10.1. The summed E-state index contributed by atoms with van der Waals surface area (Å²) < 4.78 is 12.0. The maximum atomic E-state index is 11.8. The lowest BCUT2D eigenvalue weighted by atomic mass is 10.1. The number of benzene rings is 1. The Balaban J connectivity index is 2.67. The van der Waals surface area contributed by atoms with Gasteiger partial charge in [-0.2, -0.15) is 0 Å². The van der Waals surface area contributed by atoms with Crippen LogP contribution in [0.25, 0.3) is 0 Å². The first-order valence-electron chi connectivity index (χ1n) is 5.27. The quantitative estimate of drug-likeness (QED) is 0.925. The summed E-state index contributed by atoms with van der Waals surface area (Å²) in [6.07, 6.45) is 1.64. The standard InChI is InChI=1S/C12H16BrNO2S/c1-8-4-10(6-11(13)5-8)12(15)14-7-9(2)17(3)16/h4-6,9H,7H2,1-3H3,(H,14,15)/t9-,17+/m1/s1. The molecule has 0 unspecified atom stereocenters. The van der Waals surface area contributed by atoms with E-state index < -0.39 is 10.8 Å². The van der Waals surface area contributed by atoms with Crippen LogP contribution in [0.15, 0.2) is 22.7 Å². The number of carbonyl (C=O) groups is 1. The third-order valence-electron chi connectivity index (χ3n) is 2.42. The molecular formula is C12H16BrNO2S. The van der Waals surface area contributed by atoms with Crippen LogP contribution in [0.4, 0.5) is 0 Å². The van der Waals surface area contributed by atoms with Crippen LogP contribution < -0.4 is 5.32 Å². The molecule has 3 nitrogen and oxygen atoms in total. The summed E-state index contributed by atoms with van der Waals surface area (Å²) >= 11 is 3.36. The van der Waals surface area contributed by atoms with Crippen molar-refractivity contribution in [1.82, 2.24) is 5.32 Å². The van der Waals surface area contributed by atoms with Gasteiger partial charge in [0.2, 0.25) is 0 Å². The van der Waals surface area contributed by atoms with Crippen molar-refractivity contribution in [3.63, 3.8) is 0 Å². The van der Waals surface area contributed by atoms with Gasteiger partial charge in [-0.1, -0.05) is 15.9 Å². The Labute approximate surface area is 113 Å². The van der Waals surface area contributed by atoms with E-state index in [-0.39, 0.29) is 11.2 Å². The van der Waals surface area contributed by atoms with Gasteiger partial charge in [-0.3, -0.25) is 9.00 Å². The highest BCUT2D eigenvalue weighted by Crippen LogP contribution is 2.15. The van der Waals surface area contributed by atoms with Crippen molar-refractivity contribution in [3.05, 3.63) is 33.8 Å². The minimum Gasteiger partial charge on any atom is -0.351 e. The van der Waals surface area contributed by atoms with Gasteiger partial charge in [0.25, 0.3) is 5.91 Å². The summed E-state index contributed by atoms with van der Waals surface area (Å²) in [5.74, 6) is -0.133. The van der Waals surface area contributed by atoms with E-state index in [1.165, 1.54) is 0 Å². The molecule has 0 aromatic heterocycles. The highest BCUT2D eigenvalue weighted by Gasteiger charge is 2.10. The molecule has 0 spiro atoms. The van der Waals surface area contributed by atoms with Crippen molar-refractivity contribution < 1.29 is 9.00 Å². The predicted octanol–water partition coefficient (Wildman–Crippen LogP) is 2.25. The molecule has 0 fully saturated rings. The lowest BCUT2D eigenvalue weighted by molar-refractivity contribution is 0.0954. The van der Waals surface area contributed by atoms with Crippen LogP contribution in [-0.2, 0) is 10.8 Å². The van der Waals surface area contributed by atoms with E-state index in [0.29, 0.717) is 12.1 Å². The second-order valence-electron chi connectivity index (χ2n) is 4.04. The van der Waals surface area contributed by atoms with Crippen molar-refractivity contribution in [1.29, 1.82) is 0 Å². The van der Waals surface area contributed by atoms with Gasteiger partial charge in [-0.25, -0.2) is 0 Å². The number of hydrogen-bond acceptors (Lipinski definition) is 2. The molecule has 1 aromatic rings. The largest absolute Gasteiger partial charge is 0.351 e. The fourth-order valence-electron chi connectivity index (χ4n) is 1.32. The molecule has 0 heterocycles. The molecule has 94 valence electrons. The number of hydrogen-bond donors (Lipinski definition) is 1. The molecule has 0 aliphatic carbocycles. The zero-order valence-corrected chi connectivity index (χ0v) is 12.5. The first-order chi connectivity index (χ1) is 7.90. The smallest absolute Gasteiger partial charge is 0.251 e. The molecule has 0 aliphatic heterocycles. The number of nitrogens with one attached hydrogen (secondary N) is 1. The molecule has 2 atom stereocenters. The molecule has 0 radical (unpaired) electrons. The summed E-state index contributed by atoms with van der Waals surface area (Å²) in [7, 11) is -0.916. The van der Waals surface area contributed by atoms with Gasteiger partial charge < -0.3 is 5.32 Å². The van der Waals surface area contributed by atoms with Crippen LogP contribution in [0.1, 0.15) is 22.8 Å². The van der Waals surface area contributed by atoms with Crippen molar-refractivity contribution in [2.45, 2.75) is 19.1 Å². The Kier molecular flexibility index (Phi) is 5.33. The molecule has 1 rings (SSSR count). The maximum absolute atomic E-state index is 11.8. The number of aryl methyl sites for hydroxylation is 1. The van der Waals surface area contributed by atoms with E-state index in [0.717, 1.165) is 10.0 Å². The van der Waals surface area contributed by atoms with E-state index >= 15 is 0 Å². The van der Waals surface area contributed by atoms with Gasteiger partial charge in [-0.05, 0) is 37.6 Å². The molecule has 0 aliphatic rings. The first kappa shape index (κ1) is 14.4. The summed E-state index contributed by atoms with van der Waals surface area (Å²) in [5.41, 5.74) is 1.64. The predicted molar refractivity (Wildman–Crippen MR) is 74.7 cm³/mol. The van der Waals surface area contributed by atoms with E-state index in [1.54, 1.807) is 12.3 Å². The third kappa shape index (κ3) is 4.60. The monoisotopic (exact) mass is 317 g/mol. The molecule has 0 bridgehead atoms. The topological polar surface area (TPSA) is 46.2 Å². The molecule has 1 amide bonds. The van der Waals surface area contributed by atoms with Gasteiger partial charge in [0.1, 0.15) is 0 Å². The lowest BCUT2D eigenvalue weighted by Crippen LogP contribution is -2.32. The van der Waals surface area contributed by atoms with Gasteiger partial charge >= 0.3 is 0 Å². The van der Waals surface area contributed by atoms with Crippen molar-refractivity contribution >= 4 is 32.6 Å². The molecule has 0 saturated carbocycles. The van der Waals surface area contributed by atoms with Gasteiger partial charge in [0.05, 0.1) is 0 Å². The molecule has 1 aromatic carbocycles. The summed E-state index contributed by atoms with van der Waals surface area (Å²) in [4.78, 5) is 11.8. The second-order valence-corrected chi connectivity index (χ2v) is 6.75. The van der Waals surface area contributed by atoms with Crippen LogP contribution in [0.2, 0.25) is 0 Å². The number of carbonyl (C=O) groups excluding carboxylic acids is 1. The second kappa shape index (κ2) is 6.31. The molecule has 0 saturated heterocycles. The Morgan fingerprint density at radius 1 is 1.47 bits per heavy atom. The third-order valence-corrected chi connectivity index (χ3v) is 4.18. The average Bonchev–Trinajstić information content (AvgIpc) is 2.23. The van der Waals surface area contributed by atoms with Gasteiger partial charge in [-0.15, -0.1) is 0 Å². The van der Waals surface area contributed by atoms with E-state index in [9.17, 15) is 9.00 Å². The average molecular weight is 318 g/mol. The molecule has 17 heavy (non-hydrogen) atoms. The van der Waals surface area contributed by atoms with E-state index in [1.807, 2.05) is 26.0 Å². The lowest BCUT2D eigenvalue weighted by Gasteiger charge is -2.10.